The predicted octanol–water partition coefficient (Wildman–Crippen LogP) is 9.12. The van der Waals surface area contributed by atoms with Crippen LogP contribution in [0.15, 0.2) is 70.6 Å². The first-order valence-electron chi connectivity index (χ1n) is 39.4. The average molecular weight is 1510 g/mol. The molecule has 14 atom stereocenters. The number of cyclic esters (lactones) is 1. The number of Topliss-reactive ketones (excluding diaryl/α,β-unsaturated/α-hetero) is 2. The molecular weight excluding hydrogens is 1380 g/mol. The molecule has 24 heteroatoms. The quantitative estimate of drug-likeness (QED) is 0.0211. The van der Waals surface area contributed by atoms with Crippen LogP contribution in [-0.2, 0) is 65.5 Å². The number of ether oxygens (including phenoxy) is 6. The first-order valence-corrected chi connectivity index (χ1v) is 40.5. The molecule has 6 heterocycles. The Bertz CT molecular complexity index is 3610. The molecule has 0 spiro atoms. The van der Waals surface area contributed by atoms with Crippen molar-refractivity contribution in [2.24, 2.45) is 29.6 Å². The summed E-state index contributed by atoms with van der Waals surface area (Å²) < 4.78 is 36.1. The number of esters is 1. The van der Waals surface area contributed by atoms with Gasteiger partial charge in [0, 0.05) is 165 Å². The molecule has 5 fully saturated rings. The van der Waals surface area contributed by atoms with Crippen LogP contribution in [0.1, 0.15) is 176 Å². The van der Waals surface area contributed by atoms with E-state index in [1.54, 1.807) is 32.7 Å². The first-order chi connectivity index (χ1) is 51.2. The summed E-state index contributed by atoms with van der Waals surface area (Å²) in [5, 5.41) is 41.4. The molecule has 6 aliphatic rings. The number of hydrogen-bond acceptors (Lipinski definition) is 20. The Morgan fingerprint density at radius 1 is 0.794 bits per heavy atom. The summed E-state index contributed by atoms with van der Waals surface area (Å²) in [7, 11) is 4.63. The number of carbonyl (C=O) groups excluding carboxylic acids is 6. The van der Waals surface area contributed by atoms with E-state index in [0.29, 0.717) is 112 Å². The number of H-pyrrole nitrogens is 1. The number of pyridine rings is 1. The Kier molecular flexibility index (Phi) is 31.8. The Hall–Kier alpha value is -6.16. The van der Waals surface area contributed by atoms with Crippen molar-refractivity contribution in [3.8, 4) is 11.1 Å². The Morgan fingerprint density at radius 2 is 1.50 bits per heavy atom. The summed E-state index contributed by atoms with van der Waals surface area (Å²) >= 11 is 1.66. The minimum Gasteiger partial charge on any atom is -0.456 e. The number of aliphatic hydroxyl groups excluding tert-OH is 2. The Morgan fingerprint density at radius 3 is 2.19 bits per heavy atom. The number of hydrogen-bond donors (Lipinski definition) is 6. The number of rotatable bonds is 24. The molecule has 1 unspecified atom stereocenters. The van der Waals surface area contributed by atoms with Crippen molar-refractivity contribution in [3.05, 3.63) is 110 Å². The smallest absolute Gasteiger partial charge is 0.329 e. The van der Waals surface area contributed by atoms with Crippen LogP contribution in [0.4, 0.5) is 5.69 Å². The average Bonchev–Trinajstić information content (AvgIpc) is 0.827. The lowest BCUT2D eigenvalue weighted by Gasteiger charge is -2.47. The van der Waals surface area contributed by atoms with Gasteiger partial charge in [0.2, 0.25) is 11.7 Å². The standard InChI is InChI=1S/C83H123N7O16S/c1-13-89(64-25-35-104-36-26-64)68-47-63(46-65(57(68)8)79(96)85-49-66-53(4)42-56(7)86-80(66)97)61-22-19-59(20-23-61)50-88-33-31-87(32-34-88)30-28-84-75(94)27-38-107-37-16-17-62-40-51(2)39-52(3)41-73(102-11)77-74(103-12)44-55(6)83(100,106-77)78(95)81(98)90-29-15-14-18-67(90)82(99)105-76(58(9)70(92)48-71(62)93)54(5)43-60-21-24-69(91)72(45-60)101-10/h19-20,22-23,40,42-43,46-47,52,55,58,60,62,64,67,69-70,72-74,76-77,91-92,100H,13-18,21,24-39,41,44-45,48-50H2,1-12H3,(H,84,94)(H,85,96)(H,86,97)/b51-40+,54-43+/t52-,55+,58+,60-,62+,67-,69+,70-,72+,73-,74-,76?,77+,83+/m0/s1. The van der Waals surface area contributed by atoms with Crippen LogP contribution in [-0.4, -0.2) is 229 Å². The highest BCUT2D eigenvalue weighted by Crippen LogP contribution is 2.41. The summed E-state index contributed by atoms with van der Waals surface area (Å²) in [5.74, 6) is -7.02. The van der Waals surface area contributed by atoms with Crippen molar-refractivity contribution >= 4 is 52.7 Å². The number of thioether (sulfide) groups is 1. The van der Waals surface area contributed by atoms with E-state index in [0.717, 1.165) is 97.9 Å². The third-order valence-corrected chi connectivity index (χ3v) is 24.5. The highest BCUT2D eigenvalue weighted by Gasteiger charge is 2.57. The van der Waals surface area contributed by atoms with Gasteiger partial charge < -0.3 is 69.2 Å². The lowest BCUT2D eigenvalue weighted by Crippen LogP contribution is -2.64. The lowest BCUT2D eigenvalue weighted by atomic mass is 9.81. The van der Waals surface area contributed by atoms with Crippen LogP contribution in [0.5, 0.6) is 0 Å². The number of ketones is 2. The topological polar surface area (TPSA) is 288 Å². The van der Waals surface area contributed by atoms with Crippen molar-refractivity contribution in [2.45, 2.75) is 232 Å². The molecule has 3 aromatic rings. The number of methoxy groups -OCH3 is 3. The fraction of sp³-hybridized carbons (Fsp3) is 0.675. The van der Waals surface area contributed by atoms with Crippen molar-refractivity contribution in [2.75, 3.05) is 103 Å². The van der Waals surface area contributed by atoms with E-state index in [4.69, 9.17) is 28.4 Å². The van der Waals surface area contributed by atoms with Gasteiger partial charge >= 0.3 is 5.97 Å². The summed E-state index contributed by atoms with van der Waals surface area (Å²) in [6, 6.07) is 13.8. The molecule has 592 valence electrons. The van der Waals surface area contributed by atoms with Crippen molar-refractivity contribution in [1.29, 1.82) is 0 Å². The van der Waals surface area contributed by atoms with E-state index in [9.17, 15) is 48.9 Å². The molecule has 1 saturated carbocycles. The zero-order valence-corrected chi connectivity index (χ0v) is 66.4. The van der Waals surface area contributed by atoms with Crippen molar-refractivity contribution in [3.63, 3.8) is 0 Å². The molecule has 1 aromatic heterocycles. The van der Waals surface area contributed by atoms with Crippen LogP contribution < -0.4 is 21.1 Å². The van der Waals surface area contributed by atoms with E-state index < -0.39 is 90.0 Å². The van der Waals surface area contributed by atoms with Crippen LogP contribution in [0.2, 0.25) is 0 Å². The fourth-order valence-corrected chi connectivity index (χ4v) is 17.9. The number of aliphatic hydroxyl groups is 3. The first kappa shape index (κ1) is 84.9. The number of anilines is 1. The van der Waals surface area contributed by atoms with Gasteiger partial charge in [-0.1, -0.05) is 62.8 Å². The van der Waals surface area contributed by atoms with E-state index in [-0.39, 0.29) is 73.4 Å². The Labute approximate surface area is 638 Å². The van der Waals surface area contributed by atoms with Crippen molar-refractivity contribution in [1.82, 2.24) is 30.3 Å². The molecule has 0 radical (unpaired) electrons. The molecule has 3 amide bonds. The number of nitrogens with zero attached hydrogens (tertiary/aromatic N) is 4. The summed E-state index contributed by atoms with van der Waals surface area (Å²) in [5.41, 5.74) is 9.20. The second kappa shape index (κ2) is 40.2. The van der Waals surface area contributed by atoms with Crippen LogP contribution in [0, 0.1) is 50.4 Å². The number of piperidine rings is 1. The van der Waals surface area contributed by atoms with Gasteiger partial charge in [0.1, 0.15) is 24.0 Å². The molecule has 1 aliphatic carbocycles. The fourth-order valence-electron chi connectivity index (χ4n) is 17.0. The largest absolute Gasteiger partial charge is 0.456 e. The van der Waals surface area contributed by atoms with Crippen LogP contribution in [0.25, 0.3) is 11.1 Å². The normalized spacial score (nSPS) is 29.5. The molecule has 2 bridgehead atoms. The SMILES string of the molecule is CCN(c1cc(-c2ccc(CN3CCN(CCNC(=O)CCSCCC[C@@H]4/C=C(\C)C[C@H](C)C[C@H](OC)[C@H]5O[C@@](O)(C(=O)C(=O)N6CCCC[C@H]6C(=O)OC(/C(C)=C/[C@@H]6CC[C@@H](O)[C@H](OC)C6)[C@H](C)[C@@H](O)CC4=O)[C@H](C)C[C@@H]5OC)CC3)cc2)cc(C(=O)NCc2c(C)cc(C)[nH]c2=O)c1C)C1CCOCC1. The zero-order valence-electron chi connectivity index (χ0n) is 65.6. The monoisotopic (exact) mass is 1510 g/mol. The summed E-state index contributed by atoms with van der Waals surface area (Å²) in [4.78, 5) is 110. The second-order valence-electron chi connectivity index (χ2n) is 31.3. The predicted molar refractivity (Wildman–Crippen MR) is 415 cm³/mol. The van der Waals surface area contributed by atoms with Gasteiger partial charge in [-0.3, -0.25) is 38.6 Å². The molecule has 5 aliphatic heterocycles. The molecule has 4 saturated heterocycles. The summed E-state index contributed by atoms with van der Waals surface area (Å²) in [6.07, 6.45) is 5.61. The number of aryl methyl sites for hydroxylation is 2. The van der Waals surface area contributed by atoms with Gasteiger partial charge in [-0.05, 0) is 194 Å². The van der Waals surface area contributed by atoms with E-state index in [1.807, 2.05) is 58.9 Å². The maximum absolute atomic E-state index is 14.8. The molecular formula is C83H123N7O16S. The summed E-state index contributed by atoms with van der Waals surface area (Å²) in [6.45, 7) is 25.1. The van der Waals surface area contributed by atoms with Crippen LogP contribution in [0.3, 0.4) is 0 Å². The number of nitrogens with one attached hydrogen (secondary N) is 3. The Balaban J connectivity index is 0.785. The third-order valence-electron chi connectivity index (χ3n) is 23.5. The molecule has 6 N–H and O–H groups in total. The third kappa shape index (κ3) is 22.3. The van der Waals surface area contributed by atoms with Gasteiger partial charge in [-0.2, -0.15) is 11.8 Å². The van der Waals surface area contributed by atoms with Gasteiger partial charge in [0.25, 0.3) is 23.2 Å². The number of allylic oxidation sites excluding steroid dienone is 3. The minimum absolute atomic E-state index is 0.0111. The highest BCUT2D eigenvalue weighted by atomic mass is 32.2. The number of piperazine rings is 1. The number of carbonyl (C=O) groups is 6. The van der Waals surface area contributed by atoms with Crippen LogP contribution >= 0.6 is 11.8 Å². The maximum Gasteiger partial charge on any atom is 0.329 e. The van der Waals surface area contributed by atoms with Gasteiger partial charge in [0.05, 0.1) is 30.5 Å². The number of amides is 3. The minimum atomic E-state index is -2.56. The van der Waals surface area contributed by atoms with Gasteiger partial charge in [-0.15, -0.1) is 0 Å². The number of aromatic nitrogens is 1. The second-order valence-corrected chi connectivity index (χ2v) is 32.6. The van der Waals surface area contributed by atoms with Gasteiger partial charge in [-0.25, -0.2) is 4.79 Å². The number of aromatic amines is 1. The van der Waals surface area contributed by atoms with E-state index in [2.05, 4.69) is 74.5 Å². The lowest BCUT2D eigenvalue weighted by molar-refractivity contribution is -0.302. The van der Waals surface area contributed by atoms with E-state index >= 15 is 0 Å². The molecule has 9 rings (SSSR count). The number of benzene rings is 2. The zero-order chi connectivity index (χ0) is 77.2. The molecule has 2 aromatic carbocycles. The maximum atomic E-state index is 14.8. The highest BCUT2D eigenvalue weighted by molar-refractivity contribution is 7.99. The number of fused-ring (bicyclic) bond motifs is 3. The van der Waals surface area contributed by atoms with E-state index in [1.165, 1.54) is 24.7 Å². The molecule has 23 nitrogen and oxygen atoms in total. The van der Waals surface area contributed by atoms with Crippen molar-refractivity contribution < 1.29 is 72.5 Å². The molecule has 107 heavy (non-hydrogen) atoms. The van der Waals surface area contributed by atoms with Gasteiger partial charge in [0.15, 0.2) is 0 Å².